The van der Waals surface area contributed by atoms with Crippen LogP contribution in [0.25, 0.3) is 0 Å². The first-order valence-electron chi connectivity index (χ1n) is 7.58. The van der Waals surface area contributed by atoms with E-state index in [2.05, 4.69) is 0 Å². The fourth-order valence-corrected chi connectivity index (χ4v) is 3.15. The van der Waals surface area contributed by atoms with Crippen molar-refractivity contribution in [3.05, 3.63) is 59.7 Å². The van der Waals surface area contributed by atoms with Crippen LogP contribution in [0.3, 0.4) is 0 Å². The van der Waals surface area contributed by atoms with Gasteiger partial charge in [0.2, 0.25) is 0 Å². The van der Waals surface area contributed by atoms with Gasteiger partial charge >= 0.3 is 0 Å². The second kappa shape index (κ2) is 7.80. The number of nitrogens with one attached hydrogen (secondary N) is 1. The Balaban J connectivity index is 2.16. The van der Waals surface area contributed by atoms with Gasteiger partial charge in [-0.2, -0.15) is 5.26 Å². The zero-order chi connectivity index (χ0) is 19.3. The molecule has 1 amide bonds. The number of nitrogens with zero attached hydrogens (tertiary/aromatic N) is 1. The molecule has 0 fully saturated rings. The molecule has 0 radical (unpaired) electrons. The van der Waals surface area contributed by atoms with Gasteiger partial charge in [-0.25, -0.2) is 13.1 Å². The van der Waals surface area contributed by atoms with Crippen molar-refractivity contribution in [1.29, 1.82) is 5.26 Å². The summed E-state index contributed by atoms with van der Waals surface area (Å²) in [5, 5.41) is 9.02. The maximum absolute atomic E-state index is 12.3. The SMILES string of the molecule is CC(=O)c1cccc(S(=O)(=O)NC(=O)C(C)Oc2ccccc2C#N)c1. The molecule has 0 spiro atoms. The molecule has 2 aromatic rings. The average Bonchev–Trinajstić information content (AvgIpc) is 2.61. The number of rotatable bonds is 6. The molecule has 0 heterocycles. The zero-order valence-corrected chi connectivity index (χ0v) is 14.9. The molecule has 0 aliphatic rings. The van der Waals surface area contributed by atoms with Crippen LogP contribution in [-0.4, -0.2) is 26.2 Å². The van der Waals surface area contributed by atoms with E-state index in [1.165, 1.54) is 50.2 Å². The minimum Gasteiger partial charge on any atom is -0.479 e. The van der Waals surface area contributed by atoms with Crippen LogP contribution in [0.2, 0.25) is 0 Å². The fourth-order valence-electron chi connectivity index (χ4n) is 2.06. The lowest BCUT2D eigenvalue weighted by molar-refractivity contribution is -0.125. The Morgan fingerprint density at radius 3 is 2.50 bits per heavy atom. The van der Waals surface area contributed by atoms with Crippen LogP contribution in [0.15, 0.2) is 53.4 Å². The predicted octanol–water partition coefficient (Wildman–Crippen LogP) is 2.03. The standard InChI is InChI=1S/C18H16N2O5S/c1-12(21)14-7-5-8-16(10-14)26(23,24)20-18(22)13(2)25-17-9-4-3-6-15(17)11-19/h3-10,13H,1-2H3,(H,20,22). The number of Topliss-reactive ketones (excluding diaryl/α,β-unsaturated/α-hetero) is 1. The van der Waals surface area contributed by atoms with Gasteiger partial charge in [0, 0.05) is 5.56 Å². The second-order valence-electron chi connectivity index (χ2n) is 5.42. The summed E-state index contributed by atoms with van der Waals surface area (Å²) in [5.74, 6) is -1.02. The van der Waals surface area contributed by atoms with Crippen molar-refractivity contribution in [2.24, 2.45) is 0 Å². The molecule has 8 heteroatoms. The highest BCUT2D eigenvalue weighted by molar-refractivity contribution is 7.90. The van der Waals surface area contributed by atoms with Crippen molar-refractivity contribution in [1.82, 2.24) is 4.72 Å². The lowest BCUT2D eigenvalue weighted by atomic mass is 10.2. The molecule has 26 heavy (non-hydrogen) atoms. The molecule has 0 saturated heterocycles. The molecule has 1 N–H and O–H groups in total. The van der Waals surface area contributed by atoms with E-state index in [9.17, 15) is 18.0 Å². The summed E-state index contributed by atoms with van der Waals surface area (Å²) in [6, 6.07) is 13.6. The second-order valence-corrected chi connectivity index (χ2v) is 7.10. The Kier molecular flexibility index (Phi) is 5.75. The summed E-state index contributed by atoms with van der Waals surface area (Å²) in [5.41, 5.74) is 0.441. The number of ketones is 1. The van der Waals surface area contributed by atoms with E-state index in [1.807, 2.05) is 10.8 Å². The van der Waals surface area contributed by atoms with E-state index in [0.717, 1.165) is 0 Å². The van der Waals surface area contributed by atoms with E-state index in [4.69, 9.17) is 10.00 Å². The van der Waals surface area contributed by atoms with Crippen molar-refractivity contribution in [2.45, 2.75) is 24.8 Å². The van der Waals surface area contributed by atoms with Gasteiger partial charge in [0.25, 0.3) is 15.9 Å². The summed E-state index contributed by atoms with van der Waals surface area (Å²) in [4.78, 5) is 23.4. The summed E-state index contributed by atoms with van der Waals surface area (Å²) in [7, 11) is -4.17. The topological polar surface area (TPSA) is 113 Å². The van der Waals surface area contributed by atoms with Crippen LogP contribution in [-0.2, 0) is 14.8 Å². The van der Waals surface area contributed by atoms with Gasteiger partial charge in [0.1, 0.15) is 11.8 Å². The van der Waals surface area contributed by atoms with E-state index in [-0.39, 0.29) is 27.6 Å². The van der Waals surface area contributed by atoms with Crippen LogP contribution < -0.4 is 9.46 Å². The molecule has 0 saturated carbocycles. The largest absolute Gasteiger partial charge is 0.479 e. The van der Waals surface area contributed by atoms with Crippen LogP contribution in [0, 0.1) is 11.3 Å². The van der Waals surface area contributed by atoms with Crippen molar-refractivity contribution in [2.75, 3.05) is 0 Å². The minimum atomic E-state index is -4.17. The van der Waals surface area contributed by atoms with Crippen molar-refractivity contribution in [3.63, 3.8) is 0 Å². The highest BCUT2D eigenvalue weighted by Crippen LogP contribution is 2.18. The van der Waals surface area contributed by atoms with Gasteiger partial charge in [-0.3, -0.25) is 9.59 Å². The van der Waals surface area contributed by atoms with Crippen molar-refractivity contribution >= 4 is 21.7 Å². The highest BCUT2D eigenvalue weighted by atomic mass is 32.2. The first-order valence-corrected chi connectivity index (χ1v) is 9.06. The molecule has 7 nitrogen and oxygen atoms in total. The predicted molar refractivity (Wildman–Crippen MR) is 93.0 cm³/mol. The van der Waals surface area contributed by atoms with Crippen LogP contribution >= 0.6 is 0 Å². The number of carbonyl (C=O) groups excluding carboxylic acids is 2. The smallest absolute Gasteiger partial charge is 0.274 e. The molecular weight excluding hydrogens is 356 g/mol. The third kappa shape index (κ3) is 4.46. The third-order valence-corrected chi connectivity index (χ3v) is 4.81. The summed E-state index contributed by atoms with van der Waals surface area (Å²) >= 11 is 0. The van der Waals surface area contributed by atoms with Gasteiger partial charge in [0.05, 0.1) is 10.5 Å². The third-order valence-electron chi connectivity index (χ3n) is 3.47. The van der Waals surface area contributed by atoms with Gasteiger partial charge < -0.3 is 4.74 Å². The number of hydrogen-bond acceptors (Lipinski definition) is 6. The number of carbonyl (C=O) groups is 2. The minimum absolute atomic E-state index is 0.175. The van der Waals surface area contributed by atoms with Crippen LogP contribution in [0.1, 0.15) is 29.8 Å². The normalized spacial score (nSPS) is 11.9. The average molecular weight is 372 g/mol. The molecule has 0 aromatic heterocycles. The monoisotopic (exact) mass is 372 g/mol. The summed E-state index contributed by atoms with van der Waals surface area (Å²) in [6.07, 6.45) is -1.16. The highest BCUT2D eigenvalue weighted by Gasteiger charge is 2.24. The van der Waals surface area contributed by atoms with E-state index in [0.29, 0.717) is 0 Å². The van der Waals surface area contributed by atoms with Crippen molar-refractivity contribution in [3.8, 4) is 11.8 Å². The quantitative estimate of drug-likeness (QED) is 0.776. The van der Waals surface area contributed by atoms with Gasteiger partial charge in [-0.1, -0.05) is 24.3 Å². The molecule has 0 aliphatic heterocycles. The Morgan fingerprint density at radius 1 is 1.15 bits per heavy atom. The van der Waals surface area contributed by atoms with Crippen LogP contribution in [0.4, 0.5) is 0 Å². The Bertz CT molecular complexity index is 993. The number of para-hydroxylation sites is 1. The summed E-state index contributed by atoms with van der Waals surface area (Å²) < 4.78 is 32.0. The maximum Gasteiger partial charge on any atom is 0.274 e. The molecule has 1 atom stereocenters. The molecular formula is C18H16N2O5S. The summed E-state index contributed by atoms with van der Waals surface area (Å²) in [6.45, 7) is 2.68. The van der Waals surface area contributed by atoms with E-state index >= 15 is 0 Å². The molecule has 0 bridgehead atoms. The number of sulfonamides is 1. The van der Waals surface area contributed by atoms with E-state index in [1.54, 1.807) is 12.1 Å². The number of amides is 1. The number of hydrogen-bond donors (Lipinski definition) is 1. The van der Waals surface area contributed by atoms with Gasteiger partial charge in [-0.15, -0.1) is 0 Å². The first kappa shape index (κ1) is 19.1. The van der Waals surface area contributed by atoms with E-state index < -0.39 is 22.0 Å². The molecule has 0 aliphatic carbocycles. The molecule has 1 unspecified atom stereocenters. The molecule has 2 rings (SSSR count). The first-order chi connectivity index (χ1) is 12.2. The Hall–Kier alpha value is -3.18. The van der Waals surface area contributed by atoms with Crippen LogP contribution in [0.5, 0.6) is 5.75 Å². The number of ether oxygens (including phenoxy) is 1. The van der Waals surface area contributed by atoms with Gasteiger partial charge in [0.15, 0.2) is 11.9 Å². The lowest BCUT2D eigenvalue weighted by Gasteiger charge is -2.15. The maximum atomic E-state index is 12.3. The Morgan fingerprint density at radius 2 is 1.85 bits per heavy atom. The molecule has 134 valence electrons. The number of nitriles is 1. The number of benzene rings is 2. The zero-order valence-electron chi connectivity index (χ0n) is 14.1. The fraction of sp³-hybridized carbons (Fsp3) is 0.167. The lowest BCUT2D eigenvalue weighted by Crippen LogP contribution is -2.40. The van der Waals surface area contributed by atoms with Crippen molar-refractivity contribution < 1.29 is 22.7 Å². The molecule has 2 aromatic carbocycles. The Labute approximate surface area is 151 Å². The van der Waals surface area contributed by atoms with Gasteiger partial charge in [-0.05, 0) is 38.1 Å².